The molecule has 0 aromatic heterocycles. The zero-order chi connectivity index (χ0) is 9.76. The fraction of sp³-hybridized carbons (Fsp3) is 0.455. The van der Waals surface area contributed by atoms with Crippen LogP contribution in [0.5, 0.6) is 11.5 Å². The van der Waals surface area contributed by atoms with Crippen LogP contribution in [0.1, 0.15) is 18.9 Å². The van der Waals surface area contributed by atoms with Crippen LogP contribution < -0.4 is 4.74 Å². The van der Waals surface area contributed by atoms with Crippen molar-refractivity contribution < 1.29 is 14.6 Å². The Hall–Kier alpha value is -1.22. The molecule has 0 spiro atoms. The summed E-state index contributed by atoms with van der Waals surface area (Å²) in [6, 6.07) is 5.23. The summed E-state index contributed by atoms with van der Waals surface area (Å²) in [5, 5.41) is 9.43. The molecule has 2 bridgehead atoms. The second-order valence-corrected chi connectivity index (χ2v) is 4.30. The van der Waals surface area contributed by atoms with Crippen LogP contribution in [0.15, 0.2) is 18.2 Å². The normalized spacial score (nSPS) is 33.6. The van der Waals surface area contributed by atoms with Crippen LogP contribution in [-0.2, 0) is 10.2 Å². The van der Waals surface area contributed by atoms with Gasteiger partial charge in [-0.15, -0.1) is 0 Å². The third kappa shape index (κ3) is 0.960. The maximum Gasteiger partial charge on any atom is 0.200 e. The Labute approximate surface area is 82.3 Å². The largest absolute Gasteiger partial charge is 0.508 e. The first kappa shape index (κ1) is 8.12. The molecule has 0 amide bonds. The Bertz CT molecular complexity index is 388. The lowest BCUT2D eigenvalue weighted by Crippen LogP contribution is -2.28. The van der Waals surface area contributed by atoms with Crippen molar-refractivity contribution in [2.45, 2.75) is 25.0 Å². The van der Waals surface area contributed by atoms with E-state index in [4.69, 9.17) is 9.47 Å². The van der Waals surface area contributed by atoms with Crippen molar-refractivity contribution in [2.75, 3.05) is 6.61 Å². The van der Waals surface area contributed by atoms with Gasteiger partial charge in [-0.25, -0.2) is 0 Å². The molecule has 0 saturated carbocycles. The van der Waals surface area contributed by atoms with E-state index in [0.717, 1.165) is 17.7 Å². The molecular formula is C11H12O3. The lowest BCUT2D eigenvalue weighted by Gasteiger charge is -2.29. The van der Waals surface area contributed by atoms with Gasteiger partial charge in [-0.05, 0) is 18.2 Å². The first-order valence-electron chi connectivity index (χ1n) is 4.79. The molecule has 1 aromatic rings. The second-order valence-electron chi connectivity index (χ2n) is 4.30. The van der Waals surface area contributed by atoms with Crippen LogP contribution in [0.3, 0.4) is 0 Å². The zero-order valence-corrected chi connectivity index (χ0v) is 7.99. The molecule has 3 nitrogen and oxygen atoms in total. The lowest BCUT2D eigenvalue weighted by molar-refractivity contribution is -0.0380. The third-order valence-electron chi connectivity index (χ3n) is 3.08. The molecule has 1 aromatic carbocycles. The fourth-order valence-corrected chi connectivity index (χ4v) is 2.26. The van der Waals surface area contributed by atoms with Gasteiger partial charge in [0.2, 0.25) is 6.29 Å². The topological polar surface area (TPSA) is 38.7 Å². The molecule has 74 valence electrons. The molecule has 2 heterocycles. The molecule has 1 saturated heterocycles. The van der Waals surface area contributed by atoms with Crippen molar-refractivity contribution in [1.29, 1.82) is 0 Å². The summed E-state index contributed by atoms with van der Waals surface area (Å²) in [5.74, 6) is 1.14. The van der Waals surface area contributed by atoms with Crippen LogP contribution in [0.25, 0.3) is 0 Å². The van der Waals surface area contributed by atoms with E-state index in [1.165, 1.54) is 0 Å². The van der Waals surface area contributed by atoms with Gasteiger partial charge >= 0.3 is 0 Å². The molecule has 1 fully saturated rings. The summed E-state index contributed by atoms with van der Waals surface area (Å²) in [5.41, 5.74) is 1.07. The SMILES string of the molecule is C[C@]12CO[C@H](C1)Oc1ccc(O)cc12. The average Bonchev–Trinajstić information content (AvgIpc) is 2.47. The van der Waals surface area contributed by atoms with E-state index in [1.807, 2.05) is 6.07 Å². The molecule has 2 atom stereocenters. The molecule has 2 aliphatic heterocycles. The van der Waals surface area contributed by atoms with Crippen LogP contribution in [0, 0.1) is 0 Å². The number of hydrogen-bond donors (Lipinski definition) is 1. The number of hydrogen-bond acceptors (Lipinski definition) is 3. The highest BCUT2D eigenvalue weighted by Gasteiger charge is 2.44. The molecule has 0 unspecified atom stereocenters. The molecule has 1 N–H and O–H groups in total. The minimum atomic E-state index is -0.1000. The van der Waals surface area contributed by atoms with Gasteiger partial charge in [0.15, 0.2) is 0 Å². The first-order valence-corrected chi connectivity index (χ1v) is 4.79. The van der Waals surface area contributed by atoms with Gasteiger partial charge in [0.1, 0.15) is 11.5 Å². The van der Waals surface area contributed by atoms with Gasteiger partial charge in [0, 0.05) is 17.4 Å². The van der Waals surface area contributed by atoms with E-state index in [0.29, 0.717) is 12.4 Å². The summed E-state index contributed by atoms with van der Waals surface area (Å²) in [6.07, 6.45) is 0.778. The highest BCUT2D eigenvalue weighted by atomic mass is 16.7. The Kier molecular flexibility index (Phi) is 1.40. The van der Waals surface area contributed by atoms with Crippen LogP contribution in [-0.4, -0.2) is 18.0 Å². The summed E-state index contributed by atoms with van der Waals surface area (Å²) >= 11 is 0. The number of benzene rings is 1. The van der Waals surface area contributed by atoms with Crippen molar-refractivity contribution in [3.05, 3.63) is 23.8 Å². The predicted octanol–water partition coefficient (Wildman–Crippen LogP) is 1.79. The van der Waals surface area contributed by atoms with Gasteiger partial charge < -0.3 is 14.6 Å². The second kappa shape index (κ2) is 2.42. The monoisotopic (exact) mass is 192 g/mol. The minimum Gasteiger partial charge on any atom is -0.508 e. The maximum atomic E-state index is 9.43. The summed E-state index contributed by atoms with van der Waals surface area (Å²) in [7, 11) is 0. The lowest BCUT2D eigenvalue weighted by atomic mass is 9.80. The van der Waals surface area contributed by atoms with Crippen LogP contribution >= 0.6 is 0 Å². The smallest absolute Gasteiger partial charge is 0.200 e. The Morgan fingerprint density at radius 3 is 3.21 bits per heavy atom. The third-order valence-corrected chi connectivity index (χ3v) is 3.08. The van der Waals surface area contributed by atoms with Gasteiger partial charge in [-0.3, -0.25) is 0 Å². The Morgan fingerprint density at radius 1 is 1.50 bits per heavy atom. The van der Waals surface area contributed by atoms with Crippen molar-refractivity contribution >= 4 is 0 Å². The van der Waals surface area contributed by atoms with E-state index in [-0.39, 0.29) is 11.7 Å². The van der Waals surface area contributed by atoms with Gasteiger partial charge in [0.05, 0.1) is 6.61 Å². The highest BCUT2D eigenvalue weighted by Crippen LogP contribution is 2.46. The number of aromatic hydroxyl groups is 1. The van der Waals surface area contributed by atoms with Gasteiger partial charge in [-0.2, -0.15) is 0 Å². The predicted molar refractivity (Wildman–Crippen MR) is 50.4 cm³/mol. The number of fused-ring (bicyclic) bond motifs is 4. The van der Waals surface area contributed by atoms with Crippen molar-refractivity contribution in [1.82, 2.24) is 0 Å². The number of rotatable bonds is 0. The summed E-state index contributed by atoms with van der Waals surface area (Å²) in [4.78, 5) is 0. The number of phenolic OH excluding ortho intramolecular Hbond substituents is 1. The molecule has 0 aliphatic carbocycles. The first-order chi connectivity index (χ1) is 6.67. The Balaban J connectivity index is 2.19. The number of ether oxygens (including phenoxy) is 2. The standard InChI is InChI=1S/C11H12O3/c1-11-5-10(13-6-11)14-9-3-2-7(12)4-8(9)11/h2-4,10,12H,5-6H2,1H3/t10-,11+/m0/s1. The average molecular weight is 192 g/mol. The highest BCUT2D eigenvalue weighted by molar-refractivity contribution is 5.46. The molecule has 14 heavy (non-hydrogen) atoms. The molecule has 3 heteroatoms. The Morgan fingerprint density at radius 2 is 2.36 bits per heavy atom. The van der Waals surface area contributed by atoms with Crippen LogP contribution in [0.2, 0.25) is 0 Å². The molecule has 3 rings (SSSR count). The van der Waals surface area contributed by atoms with E-state index in [1.54, 1.807) is 12.1 Å². The zero-order valence-electron chi connectivity index (χ0n) is 7.99. The van der Waals surface area contributed by atoms with Gasteiger partial charge in [-0.1, -0.05) is 6.92 Å². The van der Waals surface area contributed by atoms with E-state index in [2.05, 4.69) is 6.92 Å². The summed E-state index contributed by atoms with van der Waals surface area (Å²) in [6.45, 7) is 2.82. The quantitative estimate of drug-likeness (QED) is 0.681. The van der Waals surface area contributed by atoms with Crippen LogP contribution in [0.4, 0.5) is 0 Å². The molecule has 0 radical (unpaired) electrons. The fourth-order valence-electron chi connectivity index (χ4n) is 2.26. The van der Waals surface area contributed by atoms with Crippen molar-refractivity contribution in [2.24, 2.45) is 0 Å². The van der Waals surface area contributed by atoms with Crippen molar-refractivity contribution in [3.8, 4) is 11.5 Å². The summed E-state index contributed by atoms with van der Waals surface area (Å²) < 4.78 is 11.1. The van der Waals surface area contributed by atoms with E-state index >= 15 is 0 Å². The minimum absolute atomic E-state index is 0.0109. The van der Waals surface area contributed by atoms with E-state index < -0.39 is 0 Å². The van der Waals surface area contributed by atoms with Gasteiger partial charge in [0.25, 0.3) is 0 Å². The van der Waals surface area contributed by atoms with Crippen molar-refractivity contribution in [3.63, 3.8) is 0 Å². The molecular weight excluding hydrogens is 180 g/mol. The maximum absolute atomic E-state index is 9.43. The van der Waals surface area contributed by atoms with E-state index in [9.17, 15) is 5.11 Å². The molecule has 2 aliphatic rings. The number of phenols is 1.